The number of hydrogen-bond donors (Lipinski definition) is 3. The second kappa shape index (κ2) is 12.6. The van der Waals surface area contributed by atoms with Gasteiger partial charge >= 0.3 is 24.3 Å². The number of halogens is 6. The highest BCUT2D eigenvalue weighted by Crippen LogP contribution is 2.38. The molecule has 1 aromatic rings. The first-order valence-electron chi connectivity index (χ1n) is 11.4. The van der Waals surface area contributed by atoms with Crippen LogP contribution in [0.5, 0.6) is 0 Å². The maximum absolute atomic E-state index is 10.6. The molecule has 0 amide bonds. The second-order valence-corrected chi connectivity index (χ2v) is 8.85. The van der Waals surface area contributed by atoms with E-state index in [0.717, 1.165) is 37.9 Å². The molecule has 3 N–H and O–H groups in total. The van der Waals surface area contributed by atoms with E-state index in [-0.39, 0.29) is 5.60 Å². The van der Waals surface area contributed by atoms with Crippen LogP contribution in [0.4, 0.5) is 32.2 Å². The molecule has 204 valence electrons. The number of ether oxygens (including phenoxy) is 1. The molecule has 0 unspecified atom stereocenters. The van der Waals surface area contributed by atoms with Crippen LogP contribution in [0.2, 0.25) is 0 Å². The third-order valence-corrected chi connectivity index (χ3v) is 6.18. The van der Waals surface area contributed by atoms with Crippen LogP contribution in [-0.2, 0) is 14.3 Å². The van der Waals surface area contributed by atoms with Gasteiger partial charge in [-0.05, 0) is 44.2 Å². The van der Waals surface area contributed by atoms with Gasteiger partial charge in [0.1, 0.15) is 5.82 Å². The van der Waals surface area contributed by atoms with Gasteiger partial charge in [-0.2, -0.15) is 26.3 Å². The van der Waals surface area contributed by atoms with Crippen molar-refractivity contribution in [3.63, 3.8) is 0 Å². The monoisotopic (exact) mass is 529 g/mol. The number of aromatic nitrogens is 1. The average molecular weight is 529 g/mol. The Bertz CT molecular complexity index is 825. The molecule has 0 aromatic carbocycles. The molecule has 2 atom stereocenters. The van der Waals surface area contributed by atoms with Crippen LogP contribution in [-0.4, -0.2) is 81.8 Å². The molecule has 2 aliphatic heterocycles. The number of nitrogens with one attached hydrogen (secondary N) is 1. The number of pyridine rings is 1. The molecular weight excluding hydrogens is 500 g/mol. The van der Waals surface area contributed by atoms with E-state index in [1.807, 2.05) is 18.3 Å². The van der Waals surface area contributed by atoms with Crippen LogP contribution in [0.25, 0.3) is 0 Å². The largest absolute Gasteiger partial charge is 0.490 e. The molecule has 0 bridgehead atoms. The first kappa shape index (κ1) is 29.6. The van der Waals surface area contributed by atoms with Crippen molar-refractivity contribution in [1.29, 1.82) is 0 Å². The molecule has 3 aliphatic rings. The van der Waals surface area contributed by atoms with Crippen LogP contribution in [0.15, 0.2) is 24.4 Å². The van der Waals surface area contributed by atoms with Crippen LogP contribution in [0, 0.1) is 0 Å². The Labute approximate surface area is 203 Å². The number of carboxylic acids is 2. The zero-order chi connectivity index (χ0) is 27.0. The maximum Gasteiger partial charge on any atom is 0.490 e. The number of alkyl halides is 6. The van der Waals surface area contributed by atoms with Crippen molar-refractivity contribution in [1.82, 2.24) is 9.88 Å². The van der Waals surface area contributed by atoms with E-state index in [4.69, 9.17) is 24.5 Å². The standard InChI is InChI=1S/C18H27N3O.2C2HF3O2/c1-2-6-16(5-1)21-11-9-18(14-21)13-15(8-12-22-18)20-17-7-3-4-10-19-17;2*3-2(4,5)1(6)7/h3-4,7,10,15-16H,1-2,5-6,8-9,11-14H2,(H,19,20);2*(H,6,7)/t15-,18+;;/m0../s1. The molecule has 8 nitrogen and oxygen atoms in total. The van der Waals surface area contributed by atoms with Crippen LogP contribution < -0.4 is 5.32 Å². The van der Waals surface area contributed by atoms with Gasteiger partial charge in [0.25, 0.3) is 0 Å². The summed E-state index contributed by atoms with van der Waals surface area (Å²) in [5.74, 6) is -4.52. The van der Waals surface area contributed by atoms with Crippen LogP contribution in [0.1, 0.15) is 44.9 Å². The van der Waals surface area contributed by atoms with Gasteiger partial charge in [0, 0.05) is 38.0 Å². The van der Waals surface area contributed by atoms with E-state index in [1.54, 1.807) is 0 Å². The van der Waals surface area contributed by atoms with Crippen molar-refractivity contribution >= 4 is 17.8 Å². The summed E-state index contributed by atoms with van der Waals surface area (Å²) in [6.07, 6.45) is 0.711. The van der Waals surface area contributed by atoms with Crippen molar-refractivity contribution in [2.24, 2.45) is 0 Å². The highest BCUT2D eigenvalue weighted by molar-refractivity contribution is 5.73. The topological polar surface area (TPSA) is 112 Å². The fourth-order valence-corrected chi connectivity index (χ4v) is 4.55. The van der Waals surface area contributed by atoms with Crippen LogP contribution >= 0.6 is 0 Å². The SMILES string of the molecule is O=C(O)C(F)(F)F.O=C(O)C(F)(F)F.c1ccc(N[C@H]2CCO[C@]3(CCN(C4CCCC4)C3)C2)nc1. The minimum atomic E-state index is -5.08. The number of anilines is 1. The third-order valence-electron chi connectivity index (χ3n) is 6.18. The molecule has 2 saturated heterocycles. The second-order valence-electron chi connectivity index (χ2n) is 8.85. The number of carbonyl (C=O) groups is 2. The number of aliphatic carboxylic acids is 2. The molecule has 1 aromatic heterocycles. The molecule has 36 heavy (non-hydrogen) atoms. The Morgan fingerprint density at radius 2 is 1.61 bits per heavy atom. The zero-order valence-corrected chi connectivity index (χ0v) is 19.3. The Morgan fingerprint density at radius 3 is 2.11 bits per heavy atom. The van der Waals surface area contributed by atoms with Gasteiger partial charge in [0.15, 0.2) is 0 Å². The van der Waals surface area contributed by atoms with Crippen molar-refractivity contribution < 1.29 is 50.9 Å². The molecule has 1 spiro atoms. The summed E-state index contributed by atoms with van der Waals surface area (Å²) in [4.78, 5) is 24.9. The van der Waals surface area contributed by atoms with Crippen molar-refractivity contribution in [2.75, 3.05) is 25.0 Å². The first-order valence-corrected chi connectivity index (χ1v) is 11.4. The van der Waals surface area contributed by atoms with E-state index in [0.29, 0.717) is 6.04 Å². The molecule has 3 fully saturated rings. The number of nitrogens with zero attached hydrogens (tertiary/aromatic N) is 2. The molecule has 0 radical (unpaired) electrons. The van der Waals surface area contributed by atoms with Gasteiger partial charge in [0.05, 0.1) is 5.60 Å². The van der Waals surface area contributed by atoms with Crippen molar-refractivity contribution in [2.45, 2.75) is 75.0 Å². The predicted octanol–water partition coefficient (Wildman–Crippen LogP) is 4.33. The summed E-state index contributed by atoms with van der Waals surface area (Å²) in [6, 6.07) is 7.38. The van der Waals surface area contributed by atoms with Gasteiger partial charge in [-0.25, -0.2) is 14.6 Å². The van der Waals surface area contributed by atoms with Gasteiger partial charge in [-0.1, -0.05) is 18.9 Å². The summed E-state index contributed by atoms with van der Waals surface area (Å²) < 4.78 is 69.8. The molecule has 4 rings (SSSR count). The van der Waals surface area contributed by atoms with Crippen LogP contribution in [0.3, 0.4) is 0 Å². The Hall–Kier alpha value is -2.61. The lowest BCUT2D eigenvalue weighted by Gasteiger charge is -2.39. The molecule has 1 aliphatic carbocycles. The summed E-state index contributed by atoms with van der Waals surface area (Å²) in [6.45, 7) is 3.24. The quantitative estimate of drug-likeness (QED) is 0.497. The average Bonchev–Trinajstić information content (AvgIpc) is 3.45. The van der Waals surface area contributed by atoms with Gasteiger partial charge in [-0.15, -0.1) is 0 Å². The first-order chi connectivity index (χ1) is 16.7. The highest BCUT2D eigenvalue weighted by atomic mass is 19.4. The zero-order valence-electron chi connectivity index (χ0n) is 19.3. The van der Waals surface area contributed by atoms with Crippen molar-refractivity contribution in [3.05, 3.63) is 24.4 Å². The fourth-order valence-electron chi connectivity index (χ4n) is 4.55. The fraction of sp³-hybridized carbons (Fsp3) is 0.682. The Kier molecular flexibility index (Phi) is 10.3. The Balaban J connectivity index is 0.000000271. The van der Waals surface area contributed by atoms with Gasteiger partial charge in [-0.3, -0.25) is 4.90 Å². The number of carboxylic acid groups (broad SMARTS) is 2. The summed E-state index contributed by atoms with van der Waals surface area (Å²) in [7, 11) is 0. The van der Waals surface area contributed by atoms with E-state index < -0.39 is 24.3 Å². The summed E-state index contributed by atoms with van der Waals surface area (Å²) >= 11 is 0. The van der Waals surface area contributed by atoms with E-state index in [1.165, 1.54) is 38.6 Å². The summed E-state index contributed by atoms with van der Waals surface area (Å²) in [5.41, 5.74) is 0.0906. The van der Waals surface area contributed by atoms with Gasteiger partial charge < -0.3 is 20.3 Å². The Morgan fingerprint density at radius 1 is 1.03 bits per heavy atom. The lowest BCUT2D eigenvalue weighted by atomic mass is 9.89. The third kappa shape index (κ3) is 9.45. The van der Waals surface area contributed by atoms with Crippen molar-refractivity contribution in [3.8, 4) is 0 Å². The number of rotatable bonds is 3. The molecule has 14 heteroatoms. The molecular formula is C22H29F6N3O5. The lowest BCUT2D eigenvalue weighted by Crippen LogP contribution is -2.47. The smallest absolute Gasteiger partial charge is 0.475 e. The highest BCUT2D eigenvalue weighted by Gasteiger charge is 2.45. The maximum atomic E-state index is 10.6. The normalized spacial score (nSPS) is 24.9. The number of hydrogen-bond acceptors (Lipinski definition) is 6. The van der Waals surface area contributed by atoms with E-state index in [2.05, 4.69) is 21.3 Å². The van der Waals surface area contributed by atoms with Gasteiger partial charge in [0.2, 0.25) is 0 Å². The minimum Gasteiger partial charge on any atom is -0.475 e. The molecule has 1 saturated carbocycles. The molecule has 3 heterocycles. The van der Waals surface area contributed by atoms with E-state index >= 15 is 0 Å². The predicted molar refractivity (Wildman–Crippen MR) is 115 cm³/mol. The minimum absolute atomic E-state index is 0.0906. The lowest BCUT2D eigenvalue weighted by molar-refractivity contribution is -0.193. The summed E-state index contributed by atoms with van der Waals surface area (Å²) in [5, 5.41) is 17.9. The van der Waals surface area contributed by atoms with E-state index in [9.17, 15) is 26.3 Å². The number of likely N-dealkylation sites (tertiary alicyclic amines) is 1.